The van der Waals surface area contributed by atoms with Crippen LogP contribution in [-0.4, -0.2) is 19.7 Å². The van der Waals surface area contributed by atoms with Crippen molar-refractivity contribution in [1.29, 1.82) is 0 Å². The molecule has 0 amide bonds. The fourth-order valence-corrected chi connectivity index (χ4v) is 0.959. The van der Waals surface area contributed by atoms with Crippen LogP contribution in [0.2, 0.25) is 0 Å². The highest BCUT2D eigenvalue weighted by Gasteiger charge is 2.06. The van der Waals surface area contributed by atoms with Crippen LogP contribution in [0.5, 0.6) is 0 Å². The van der Waals surface area contributed by atoms with E-state index in [1.807, 2.05) is 0 Å². The van der Waals surface area contributed by atoms with Crippen LogP contribution in [0.3, 0.4) is 0 Å². The van der Waals surface area contributed by atoms with E-state index in [1.165, 1.54) is 17.2 Å². The Morgan fingerprint density at radius 1 is 1.55 bits per heavy atom. The summed E-state index contributed by atoms with van der Waals surface area (Å²) in [5.41, 5.74) is 0.512. The lowest BCUT2D eigenvalue weighted by atomic mass is 10.4. The Balaban J connectivity index is 2.95. The third-order valence-corrected chi connectivity index (χ3v) is 1.46. The van der Waals surface area contributed by atoms with E-state index in [-0.39, 0.29) is 0 Å². The van der Waals surface area contributed by atoms with Gasteiger partial charge in [-0.15, -0.1) is 5.10 Å². The molecule has 2 aromatic rings. The lowest BCUT2D eigenvalue weighted by molar-refractivity contribution is 0.561. The van der Waals surface area contributed by atoms with Crippen LogP contribution in [0, 0.1) is 5.95 Å². The summed E-state index contributed by atoms with van der Waals surface area (Å²) in [4.78, 5) is 7.53. The average molecular weight is 152 g/mol. The summed E-state index contributed by atoms with van der Waals surface area (Å²) in [6.07, 6.45) is 2.77. The Kier molecular flexibility index (Phi) is 1.12. The summed E-state index contributed by atoms with van der Waals surface area (Å²) >= 11 is 0. The molecule has 0 N–H and O–H groups in total. The molecule has 0 radical (unpaired) electrons. The van der Waals surface area contributed by atoms with E-state index in [9.17, 15) is 4.39 Å². The van der Waals surface area contributed by atoms with Crippen LogP contribution in [0.15, 0.2) is 12.5 Å². The summed E-state index contributed by atoms with van der Waals surface area (Å²) < 4.78 is 14.2. The van der Waals surface area contributed by atoms with Crippen molar-refractivity contribution in [3.05, 3.63) is 18.5 Å². The molecular weight excluding hydrogens is 147 g/mol. The number of fused-ring (bicyclic) bond motifs is 1. The summed E-state index contributed by atoms with van der Waals surface area (Å²) in [6.45, 7) is 0. The zero-order valence-electron chi connectivity index (χ0n) is 5.82. The van der Waals surface area contributed by atoms with Gasteiger partial charge in [0.05, 0.1) is 5.39 Å². The molecule has 0 unspecified atom stereocenters. The highest BCUT2D eigenvalue weighted by molar-refractivity contribution is 5.73. The third-order valence-electron chi connectivity index (χ3n) is 1.46. The van der Waals surface area contributed by atoms with Gasteiger partial charge in [0, 0.05) is 13.2 Å². The van der Waals surface area contributed by atoms with Crippen molar-refractivity contribution in [2.75, 3.05) is 0 Å². The van der Waals surface area contributed by atoms with Crippen molar-refractivity contribution in [1.82, 2.24) is 19.7 Å². The first-order chi connectivity index (χ1) is 5.29. The Bertz CT molecular complexity index is 358. The zero-order valence-corrected chi connectivity index (χ0v) is 5.82. The van der Waals surface area contributed by atoms with Gasteiger partial charge in [0.15, 0.2) is 5.65 Å². The number of halogens is 1. The molecule has 0 aliphatic rings. The maximum Gasteiger partial charge on any atom is 0.243 e. The fraction of sp³-hybridized carbons (Fsp3) is 0.167. The topological polar surface area (TPSA) is 43.6 Å². The van der Waals surface area contributed by atoms with Gasteiger partial charge in [-0.3, -0.25) is 0 Å². The third kappa shape index (κ3) is 0.772. The second-order valence-corrected chi connectivity index (χ2v) is 2.17. The first-order valence-electron chi connectivity index (χ1n) is 3.07. The SMILES string of the molecule is Cn1nc(F)c2cncnc21. The lowest BCUT2D eigenvalue weighted by Gasteiger charge is -1.87. The second kappa shape index (κ2) is 1.98. The van der Waals surface area contributed by atoms with Crippen molar-refractivity contribution in [2.24, 2.45) is 7.05 Å². The molecule has 0 aliphatic carbocycles. The minimum absolute atomic E-state index is 0.356. The molecule has 2 heterocycles. The van der Waals surface area contributed by atoms with Gasteiger partial charge in [-0.1, -0.05) is 0 Å². The zero-order chi connectivity index (χ0) is 7.84. The van der Waals surface area contributed by atoms with Crippen LogP contribution in [-0.2, 0) is 7.05 Å². The molecule has 56 valence electrons. The van der Waals surface area contributed by atoms with Gasteiger partial charge in [-0.05, 0) is 0 Å². The monoisotopic (exact) mass is 152 g/mol. The molecule has 0 spiro atoms. The van der Waals surface area contributed by atoms with Gasteiger partial charge in [0.25, 0.3) is 0 Å². The minimum Gasteiger partial charge on any atom is -0.247 e. The van der Waals surface area contributed by atoms with Crippen LogP contribution < -0.4 is 0 Å². The van der Waals surface area contributed by atoms with E-state index in [2.05, 4.69) is 15.1 Å². The van der Waals surface area contributed by atoms with Crippen molar-refractivity contribution in [3.8, 4) is 0 Å². The number of hydrogen-bond donors (Lipinski definition) is 0. The summed E-state index contributed by atoms with van der Waals surface area (Å²) in [5, 5.41) is 3.89. The Labute approximate surface area is 61.7 Å². The molecule has 4 nitrogen and oxygen atoms in total. The highest BCUT2D eigenvalue weighted by Crippen LogP contribution is 2.10. The Hall–Kier alpha value is -1.52. The van der Waals surface area contributed by atoms with Crippen molar-refractivity contribution >= 4 is 11.0 Å². The molecule has 0 aliphatic heterocycles. The molecule has 0 fully saturated rings. The Morgan fingerprint density at radius 2 is 2.36 bits per heavy atom. The predicted molar refractivity (Wildman–Crippen MR) is 36.3 cm³/mol. The maximum atomic E-state index is 12.8. The van der Waals surface area contributed by atoms with Crippen molar-refractivity contribution in [3.63, 3.8) is 0 Å². The van der Waals surface area contributed by atoms with E-state index in [0.29, 0.717) is 11.0 Å². The molecule has 0 aromatic carbocycles. The first-order valence-corrected chi connectivity index (χ1v) is 3.07. The van der Waals surface area contributed by atoms with Crippen LogP contribution in [0.4, 0.5) is 4.39 Å². The van der Waals surface area contributed by atoms with Gasteiger partial charge in [-0.25, -0.2) is 14.6 Å². The molecule has 2 aromatic heterocycles. The van der Waals surface area contributed by atoms with Gasteiger partial charge < -0.3 is 0 Å². The lowest BCUT2D eigenvalue weighted by Crippen LogP contribution is -1.91. The highest BCUT2D eigenvalue weighted by atomic mass is 19.1. The smallest absolute Gasteiger partial charge is 0.243 e. The maximum absolute atomic E-state index is 12.8. The average Bonchev–Trinajstić information content (AvgIpc) is 2.30. The largest absolute Gasteiger partial charge is 0.247 e. The standard InChI is InChI=1S/C6H5FN4/c1-11-6-4(5(7)10-11)2-8-3-9-6/h2-3H,1H3. The van der Waals surface area contributed by atoms with E-state index < -0.39 is 5.95 Å². The number of rotatable bonds is 0. The normalized spacial score (nSPS) is 10.7. The summed E-state index contributed by atoms with van der Waals surface area (Å²) in [7, 11) is 1.64. The van der Waals surface area contributed by atoms with Crippen molar-refractivity contribution in [2.45, 2.75) is 0 Å². The predicted octanol–water partition coefficient (Wildman–Crippen LogP) is 0.502. The van der Waals surface area contributed by atoms with Crippen LogP contribution >= 0.6 is 0 Å². The minimum atomic E-state index is -0.525. The van der Waals surface area contributed by atoms with Gasteiger partial charge in [-0.2, -0.15) is 4.39 Å². The first kappa shape index (κ1) is 6.21. The molecule has 0 saturated carbocycles. The van der Waals surface area contributed by atoms with E-state index >= 15 is 0 Å². The molecular formula is C6H5FN4. The van der Waals surface area contributed by atoms with Crippen LogP contribution in [0.25, 0.3) is 11.0 Å². The molecule has 0 atom stereocenters. The molecule has 0 bridgehead atoms. The van der Waals surface area contributed by atoms with Crippen LogP contribution in [0.1, 0.15) is 0 Å². The quantitative estimate of drug-likeness (QED) is 0.552. The number of aromatic nitrogens is 4. The number of aryl methyl sites for hydroxylation is 1. The molecule has 5 heteroatoms. The van der Waals surface area contributed by atoms with Gasteiger partial charge >= 0.3 is 0 Å². The number of hydrogen-bond acceptors (Lipinski definition) is 3. The fourth-order valence-electron chi connectivity index (χ4n) is 0.959. The van der Waals surface area contributed by atoms with E-state index in [0.717, 1.165) is 0 Å². The van der Waals surface area contributed by atoms with E-state index in [1.54, 1.807) is 7.05 Å². The van der Waals surface area contributed by atoms with Gasteiger partial charge in [0.2, 0.25) is 5.95 Å². The molecule has 0 saturated heterocycles. The van der Waals surface area contributed by atoms with Gasteiger partial charge in [0.1, 0.15) is 6.33 Å². The summed E-state index contributed by atoms with van der Waals surface area (Å²) in [6, 6.07) is 0. The second-order valence-electron chi connectivity index (χ2n) is 2.17. The number of nitrogens with zero attached hydrogens (tertiary/aromatic N) is 4. The van der Waals surface area contributed by atoms with Crippen molar-refractivity contribution < 1.29 is 4.39 Å². The summed E-state index contributed by atoms with van der Waals surface area (Å²) in [5.74, 6) is -0.525. The molecule has 2 rings (SSSR count). The Morgan fingerprint density at radius 3 is 3.09 bits per heavy atom. The van der Waals surface area contributed by atoms with E-state index in [4.69, 9.17) is 0 Å². The molecule has 11 heavy (non-hydrogen) atoms.